The van der Waals surface area contributed by atoms with Gasteiger partial charge in [0.15, 0.2) is 9.84 Å². The second kappa shape index (κ2) is 7.50. The van der Waals surface area contributed by atoms with Gasteiger partial charge in [-0.1, -0.05) is 0 Å². The van der Waals surface area contributed by atoms with Crippen LogP contribution in [0.1, 0.15) is 12.0 Å². The lowest BCUT2D eigenvalue weighted by molar-refractivity contribution is -0.384. The number of rotatable bonds is 5. The first kappa shape index (κ1) is 20.8. The van der Waals surface area contributed by atoms with Crippen LogP contribution in [0.3, 0.4) is 0 Å². The first-order valence-corrected chi connectivity index (χ1v) is 10.3. The predicted molar refractivity (Wildman–Crippen MR) is 96.7 cm³/mol. The van der Waals surface area contributed by atoms with Crippen molar-refractivity contribution < 1.29 is 31.2 Å². The number of halogens is 3. The minimum atomic E-state index is -4.49. The average molecular weight is 431 g/mol. The molecular weight excluding hydrogens is 415 g/mol. The zero-order valence-corrected chi connectivity index (χ0v) is 15.9. The Labute approximate surface area is 164 Å². The Morgan fingerprint density at radius 1 is 1.28 bits per heavy atom. The Morgan fingerprint density at radius 2 is 2.00 bits per heavy atom. The van der Waals surface area contributed by atoms with Gasteiger partial charge in [0.05, 0.1) is 21.9 Å². The minimum Gasteiger partial charge on any atom is -0.472 e. The molecule has 2 aromatic rings. The average Bonchev–Trinajstić information content (AvgIpc) is 3.08. The van der Waals surface area contributed by atoms with E-state index in [0.29, 0.717) is 19.2 Å². The van der Waals surface area contributed by atoms with Gasteiger partial charge in [0.25, 0.3) is 5.69 Å². The summed E-state index contributed by atoms with van der Waals surface area (Å²) in [6.07, 6.45) is -2.83. The van der Waals surface area contributed by atoms with Crippen LogP contribution >= 0.6 is 0 Å². The molecule has 2 heterocycles. The van der Waals surface area contributed by atoms with E-state index in [-0.39, 0.29) is 28.7 Å². The summed E-state index contributed by atoms with van der Waals surface area (Å²) in [7, 11) is -3.60. The summed E-state index contributed by atoms with van der Waals surface area (Å²) < 4.78 is 66.6. The molecule has 0 radical (unpaired) electrons. The number of nitrogens with zero attached hydrogens (tertiary/aromatic N) is 3. The molecule has 1 aromatic carbocycles. The van der Waals surface area contributed by atoms with E-state index in [1.807, 2.05) is 0 Å². The van der Waals surface area contributed by atoms with Crippen LogP contribution in [0, 0.1) is 10.1 Å². The molecule has 156 valence electrons. The molecule has 1 aromatic heterocycles. The van der Waals surface area contributed by atoms with Crippen molar-refractivity contribution in [3.8, 4) is 5.88 Å². The molecule has 3 rings (SSSR count). The summed E-state index contributed by atoms with van der Waals surface area (Å²) in [4.78, 5) is 15.9. The zero-order chi connectivity index (χ0) is 21.4. The van der Waals surface area contributed by atoms with E-state index in [9.17, 15) is 31.7 Å². The van der Waals surface area contributed by atoms with Crippen molar-refractivity contribution in [3.63, 3.8) is 0 Å². The Kier molecular flexibility index (Phi) is 5.39. The van der Waals surface area contributed by atoms with Crippen molar-refractivity contribution in [2.45, 2.75) is 23.6 Å². The molecule has 0 amide bonds. The smallest absolute Gasteiger partial charge is 0.417 e. The van der Waals surface area contributed by atoms with Crippen molar-refractivity contribution in [2.24, 2.45) is 0 Å². The van der Waals surface area contributed by atoms with Gasteiger partial charge in [-0.3, -0.25) is 10.1 Å². The van der Waals surface area contributed by atoms with Crippen LogP contribution in [0.4, 0.5) is 24.5 Å². The first-order chi connectivity index (χ1) is 13.4. The highest BCUT2D eigenvalue weighted by atomic mass is 32.2. The molecule has 0 saturated carbocycles. The lowest BCUT2D eigenvalue weighted by Crippen LogP contribution is -2.25. The summed E-state index contributed by atoms with van der Waals surface area (Å²) >= 11 is 0. The van der Waals surface area contributed by atoms with E-state index in [4.69, 9.17) is 4.74 Å². The molecule has 1 fully saturated rings. The number of hydrogen-bond donors (Lipinski definition) is 0. The molecule has 8 nitrogen and oxygen atoms in total. The van der Waals surface area contributed by atoms with Gasteiger partial charge in [0.2, 0.25) is 5.88 Å². The molecule has 0 N–H and O–H groups in total. The highest BCUT2D eigenvalue weighted by Gasteiger charge is 2.32. The van der Waals surface area contributed by atoms with E-state index in [1.165, 1.54) is 12.1 Å². The largest absolute Gasteiger partial charge is 0.472 e. The van der Waals surface area contributed by atoms with Gasteiger partial charge in [0, 0.05) is 37.6 Å². The van der Waals surface area contributed by atoms with Crippen LogP contribution in [0.25, 0.3) is 0 Å². The fraction of sp³-hybridized carbons (Fsp3) is 0.353. The van der Waals surface area contributed by atoms with Crippen molar-refractivity contribution in [1.82, 2.24) is 4.98 Å². The van der Waals surface area contributed by atoms with Crippen LogP contribution in [0.5, 0.6) is 5.88 Å². The number of pyridine rings is 1. The van der Waals surface area contributed by atoms with Crippen molar-refractivity contribution in [1.29, 1.82) is 0 Å². The predicted octanol–water partition coefficient (Wildman–Crippen LogP) is 3.07. The van der Waals surface area contributed by atoms with Crippen molar-refractivity contribution in [3.05, 3.63) is 52.2 Å². The number of benzene rings is 1. The second-order valence-corrected chi connectivity index (χ2v) is 8.55. The second-order valence-electron chi connectivity index (χ2n) is 6.54. The lowest BCUT2D eigenvalue weighted by Gasteiger charge is -2.19. The van der Waals surface area contributed by atoms with Crippen LogP contribution < -0.4 is 9.64 Å². The summed E-state index contributed by atoms with van der Waals surface area (Å²) in [6, 6.07) is 5.66. The van der Waals surface area contributed by atoms with Gasteiger partial charge in [-0.25, -0.2) is 13.4 Å². The Balaban J connectivity index is 1.75. The fourth-order valence-corrected chi connectivity index (χ4v) is 3.62. The number of hydrogen-bond acceptors (Lipinski definition) is 7. The highest BCUT2D eigenvalue weighted by molar-refractivity contribution is 7.90. The first-order valence-electron chi connectivity index (χ1n) is 8.38. The molecule has 0 aliphatic carbocycles. The maximum atomic E-state index is 12.6. The molecule has 1 aliphatic heterocycles. The Morgan fingerprint density at radius 3 is 2.55 bits per heavy atom. The number of nitro groups is 1. The van der Waals surface area contributed by atoms with E-state index in [0.717, 1.165) is 24.5 Å². The van der Waals surface area contributed by atoms with E-state index in [1.54, 1.807) is 4.90 Å². The number of ether oxygens (including phenoxy) is 1. The number of nitro benzene ring substituents is 1. The molecule has 1 aliphatic rings. The van der Waals surface area contributed by atoms with Gasteiger partial charge >= 0.3 is 6.18 Å². The van der Waals surface area contributed by atoms with E-state index < -0.39 is 32.6 Å². The summed E-state index contributed by atoms with van der Waals surface area (Å²) in [5.41, 5.74) is -0.991. The van der Waals surface area contributed by atoms with E-state index in [2.05, 4.69) is 4.98 Å². The van der Waals surface area contributed by atoms with E-state index >= 15 is 0 Å². The third-order valence-electron chi connectivity index (χ3n) is 4.41. The van der Waals surface area contributed by atoms with Gasteiger partial charge in [-0.15, -0.1) is 0 Å². The third-order valence-corrected chi connectivity index (χ3v) is 5.52. The monoisotopic (exact) mass is 431 g/mol. The molecule has 0 bridgehead atoms. The normalized spacial score (nSPS) is 17.4. The highest BCUT2D eigenvalue weighted by Crippen LogP contribution is 2.34. The molecular formula is C17H16F3N3O5S. The van der Waals surface area contributed by atoms with Crippen molar-refractivity contribution in [2.75, 3.05) is 24.2 Å². The SMILES string of the molecule is CS(=O)(=O)c1ccc(N2CCC(Oc3ccc(C(F)(F)F)cn3)C2)c([N+](=O)[O-])c1. The molecule has 29 heavy (non-hydrogen) atoms. The summed E-state index contributed by atoms with van der Waals surface area (Å²) in [6.45, 7) is 0.631. The topological polar surface area (TPSA) is 103 Å². The molecule has 12 heteroatoms. The number of sulfone groups is 1. The van der Waals surface area contributed by atoms with Gasteiger partial charge in [0.1, 0.15) is 11.8 Å². The van der Waals surface area contributed by atoms with Crippen LogP contribution in [0.15, 0.2) is 41.4 Å². The lowest BCUT2D eigenvalue weighted by atomic mass is 10.2. The minimum absolute atomic E-state index is 0.0202. The summed E-state index contributed by atoms with van der Waals surface area (Å²) in [5.74, 6) is 0.0202. The Hall–Kier alpha value is -2.89. The van der Waals surface area contributed by atoms with Crippen LogP contribution in [0.2, 0.25) is 0 Å². The molecule has 1 atom stereocenters. The standard InChI is InChI=1S/C17H16F3N3O5S/c1-29(26,27)13-3-4-14(15(8-13)23(24)25)22-7-6-12(10-22)28-16-5-2-11(9-21-16)17(18,19)20/h2-5,8-9,12H,6-7,10H2,1H3. The quantitative estimate of drug-likeness (QED) is 0.529. The molecule has 0 spiro atoms. The molecule has 1 saturated heterocycles. The number of anilines is 1. The third kappa shape index (κ3) is 4.75. The van der Waals surface area contributed by atoms with Crippen LogP contribution in [-0.2, 0) is 16.0 Å². The van der Waals surface area contributed by atoms with Gasteiger partial charge in [-0.05, 0) is 18.2 Å². The van der Waals surface area contributed by atoms with Crippen molar-refractivity contribution >= 4 is 21.2 Å². The maximum absolute atomic E-state index is 12.6. The number of alkyl halides is 3. The summed E-state index contributed by atoms with van der Waals surface area (Å²) in [5, 5.41) is 11.4. The number of aromatic nitrogens is 1. The van der Waals surface area contributed by atoms with Gasteiger partial charge < -0.3 is 9.64 Å². The van der Waals surface area contributed by atoms with Gasteiger partial charge in [-0.2, -0.15) is 13.2 Å². The zero-order valence-electron chi connectivity index (χ0n) is 15.1. The fourth-order valence-electron chi connectivity index (χ4n) is 2.98. The molecule has 1 unspecified atom stereocenters. The maximum Gasteiger partial charge on any atom is 0.417 e. The van der Waals surface area contributed by atoms with Crippen LogP contribution in [-0.4, -0.2) is 43.8 Å². The Bertz CT molecular complexity index is 1030.